The van der Waals surface area contributed by atoms with Crippen molar-refractivity contribution in [2.45, 2.75) is 25.3 Å². The first-order chi connectivity index (χ1) is 6.83. The Morgan fingerprint density at radius 2 is 2.36 bits per heavy atom. The summed E-state index contributed by atoms with van der Waals surface area (Å²) < 4.78 is 1.60. The molecule has 2 rings (SSSR count). The van der Waals surface area contributed by atoms with E-state index < -0.39 is 0 Å². The first-order valence-corrected chi connectivity index (χ1v) is 4.77. The summed E-state index contributed by atoms with van der Waals surface area (Å²) in [7, 11) is 1.78. The molecule has 6 heteroatoms. The first-order valence-electron chi connectivity index (χ1n) is 4.77. The Morgan fingerprint density at radius 1 is 1.50 bits per heavy atom. The van der Waals surface area contributed by atoms with Crippen molar-refractivity contribution in [1.82, 2.24) is 20.2 Å². The number of hydrogen-bond acceptors (Lipinski definition) is 5. The molecule has 76 valence electrons. The second-order valence-corrected chi connectivity index (χ2v) is 3.50. The Hall–Kier alpha value is -1.46. The van der Waals surface area contributed by atoms with Crippen molar-refractivity contribution in [2.24, 2.45) is 7.05 Å². The van der Waals surface area contributed by atoms with Crippen LogP contribution in [0.25, 0.3) is 0 Å². The molecule has 0 amide bonds. The highest BCUT2D eigenvalue weighted by atomic mass is 16.1. The van der Waals surface area contributed by atoms with E-state index in [0.717, 1.165) is 32.1 Å². The van der Waals surface area contributed by atoms with Gasteiger partial charge in [-0.25, -0.2) is 4.68 Å². The summed E-state index contributed by atoms with van der Waals surface area (Å²) in [6.07, 6.45) is 4.08. The molecule has 2 heterocycles. The Kier molecular flexibility index (Phi) is 2.43. The minimum Gasteiger partial charge on any atom is -0.330 e. The van der Waals surface area contributed by atoms with E-state index in [9.17, 15) is 4.79 Å². The van der Waals surface area contributed by atoms with Crippen molar-refractivity contribution in [3.8, 4) is 0 Å². The van der Waals surface area contributed by atoms with E-state index in [2.05, 4.69) is 15.5 Å². The van der Waals surface area contributed by atoms with Gasteiger partial charge in [0.2, 0.25) is 5.95 Å². The molecule has 0 spiro atoms. The minimum atomic E-state index is -0.0616. The van der Waals surface area contributed by atoms with Gasteiger partial charge in [-0.1, -0.05) is 5.10 Å². The zero-order valence-corrected chi connectivity index (χ0v) is 8.13. The molecule has 0 aromatic carbocycles. The molecule has 1 aliphatic rings. The molecule has 1 aromatic rings. The van der Waals surface area contributed by atoms with E-state index >= 15 is 0 Å². The van der Waals surface area contributed by atoms with Gasteiger partial charge in [0.25, 0.3) is 0 Å². The third-order valence-electron chi connectivity index (χ3n) is 2.56. The van der Waals surface area contributed by atoms with Gasteiger partial charge in [0.1, 0.15) is 6.29 Å². The van der Waals surface area contributed by atoms with Crippen LogP contribution in [0.4, 0.5) is 5.95 Å². The minimum absolute atomic E-state index is 0.0616. The summed E-state index contributed by atoms with van der Waals surface area (Å²) in [5.74, 6) is 0.682. The number of aromatic nitrogens is 4. The largest absolute Gasteiger partial charge is 0.330 e. The predicted octanol–water partition coefficient (Wildman–Crippen LogP) is -0.232. The van der Waals surface area contributed by atoms with Crippen LogP contribution < -0.4 is 4.90 Å². The highest BCUT2D eigenvalue weighted by Gasteiger charge is 2.25. The Morgan fingerprint density at radius 3 is 3.00 bits per heavy atom. The molecule has 14 heavy (non-hydrogen) atoms. The van der Waals surface area contributed by atoms with E-state index in [0.29, 0.717) is 5.95 Å². The Bertz CT molecular complexity index is 323. The maximum Gasteiger partial charge on any atom is 0.245 e. The zero-order valence-electron chi connectivity index (χ0n) is 8.13. The second kappa shape index (κ2) is 3.73. The summed E-state index contributed by atoms with van der Waals surface area (Å²) in [5.41, 5.74) is 0. The number of hydrogen-bond donors (Lipinski definition) is 0. The molecule has 0 N–H and O–H groups in total. The van der Waals surface area contributed by atoms with Crippen molar-refractivity contribution in [3.05, 3.63) is 0 Å². The van der Waals surface area contributed by atoms with Crippen molar-refractivity contribution < 1.29 is 4.79 Å². The average molecular weight is 195 g/mol. The number of rotatable bonds is 2. The molecule has 1 aliphatic heterocycles. The highest BCUT2D eigenvalue weighted by molar-refractivity contribution is 5.64. The summed E-state index contributed by atoms with van der Waals surface area (Å²) in [5, 5.41) is 11.2. The summed E-state index contributed by atoms with van der Waals surface area (Å²) >= 11 is 0. The van der Waals surface area contributed by atoms with Crippen LogP contribution in [0.2, 0.25) is 0 Å². The normalized spacial score (nSPS) is 22.4. The molecule has 1 fully saturated rings. The van der Waals surface area contributed by atoms with E-state index in [1.807, 2.05) is 4.90 Å². The monoisotopic (exact) mass is 195 g/mol. The lowest BCUT2D eigenvalue weighted by atomic mass is 10.0. The van der Waals surface area contributed by atoms with Crippen molar-refractivity contribution in [1.29, 1.82) is 0 Å². The first kappa shape index (κ1) is 9.11. The van der Waals surface area contributed by atoms with Gasteiger partial charge in [0.05, 0.1) is 6.04 Å². The van der Waals surface area contributed by atoms with Crippen molar-refractivity contribution in [2.75, 3.05) is 11.4 Å². The van der Waals surface area contributed by atoms with Crippen LogP contribution in [0, 0.1) is 0 Å². The third kappa shape index (κ3) is 1.47. The summed E-state index contributed by atoms with van der Waals surface area (Å²) in [6.45, 7) is 0.859. The van der Waals surface area contributed by atoms with Crippen molar-refractivity contribution in [3.63, 3.8) is 0 Å². The third-order valence-corrected chi connectivity index (χ3v) is 2.56. The molecule has 1 aromatic heterocycles. The van der Waals surface area contributed by atoms with Gasteiger partial charge in [0.15, 0.2) is 0 Å². The lowest BCUT2D eigenvalue weighted by Gasteiger charge is -2.31. The number of aryl methyl sites for hydroxylation is 1. The van der Waals surface area contributed by atoms with Crippen LogP contribution in [-0.4, -0.2) is 39.1 Å². The lowest BCUT2D eigenvalue weighted by molar-refractivity contribution is -0.109. The maximum atomic E-state index is 10.9. The number of piperidine rings is 1. The topological polar surface area (TPSA) is 63.9 Å². The number of aldehydes is 1. The van der Waals surface area contributed by atoms with Crippen LogP contribution in [-0.2, 0) is 11.8 Å². The number of carbonyl (C=O) groups is 1. The average Bonchev–Trinajstić information content (AvgIpc) is 2.64. The van der Waals surface area contributed by atoms with Crippen LogP contribution >= 0.6 is 0 Å². The molecule has 1 saturated heterocycles. The fraction of sp³-hybridized carbons (Fsp3) is 0.750. The van der Waals surface area contributed by atoms with E-state index in [1.165, 1.54) is 0 Å². The van der Waals surface area contributed by atoms with E-state index in [4.69, 9.17) is 0 Å². The molecule has 0 saturated carbocycles. The van der Waals surface area contributed by atoms with Crippen LogP contribution in [0.5, 0.6) is 0 Å². The highest BCUT2D eigenvalue weighted by Crippen LogP contribution is 2.20. The fourth-order valence-corrected chi connectivity index (χ4v) is 1.82. The molecule has 0 radical (unpaired) electrons. The van der Waals surface area contributed by atoms with Gasteiger partial charge >= 0.3 is 0 Å². The van der Waals surface area contributed by atoms with Gasteiger partial charge < -0.3 is 9.69 Å². The van der Waals surface area contributed by atoms with E-state index in [1.54, 1.807) is 11.7 Å². The number of tetrazole rings is 1. The fourth-order valence-electron chi connectivity index (χ4n) is 1.82. The number of anilines is 1. The SMILES string of the molecule is Cn1nnnc1N1CCCCC1C=O. The molecule has 1 atom stereocenters. The smallest absolute Gasteiger partial charge is 0.245 e. The van der Waals surface area contributed by atoms with Gasteiger partial charge in [-0.15, -0.1) is 0 Å². The quantitative estimate of drug-likeness (QED) is 0.610. The molecule has 1 unspecified atom stereocenters. The van der Waals surface area contributed by atoms with Gasteiger partial charge in [0, 0.05) is 13.6 Å². The molecular formula is C8H13N5O. The second-order valence-electron chi connectivity index (χ2n) is 3.50. The van der Waals surface area contributed by atoms with Crippen LogP contribution in [0.1, 0.15) is 19.3 Å². The van der Waals surface area contributed by atoms with Crippen LogP contribution in [0.3, 0.4) is 0 Å². The molecule has 0 bridgehead atoms. The summed E-state index contributed by atoms with van der Waals surface area (Å²) in [4.78, 5) is 12.8. The van der Waals surface area contributed by atoms with Crippen LogP contribution in [0.15, 0.2) is 0 Å². The van der Waals surface area contributed by atoms with Gasteiger partial charge in [-0.05, 0) is 29.7 Å². The zero-order chi connectivity index (χ0) is 9.97. The Balaban J connectivity index is 2.23. The predicted molar refractivity (Wildman–Crippen MR) is 49.8 cm³/mol. The lowest BCUT2D eigenvalue weighted by Crippen LogP contribution is -2.42. The standard InChI is InChI=1S/C8H13N5O/c1-12-8(9-10-11-12)13-5-3-2-4-7(13)6-14/h6-7H,2-5H2,1H3. The van der Waals surface area contributed by atoms with E-state index in [-0.39, 0.29) is 6.04 Å². The molecular weight excluding hydrogens is 182 g/mol. The molecule has 6 nitrogen and oxygen atoms in total. The van der Waals surface area contributed by atoms with Gasteiger partial charge in [-0.2, -0.15) is 0 Å². The Labute approximate surface area is 81.9 Å². The summed E-state index contributed by atoms with van der Waals surface area (Å²) in [6, 6.07) is -0.0616. The number of carbonyl (C=O) groups excluding carboxylic acids is 1. The molecule has 0 aliphatic carbocycles. The maximum absolute atomic E-state index is 10.9. The number of nitrogens with zero attached hydrogens (tertiary/aromatic N) is 5. The van der Waals surface area contributed by atoms with Gasteiger partial charge in [-0.3, -0.25) is 0 Å². The van der Waals surface area contributed by atoms with Crippen molar-refractivity contribution >= 4 is 12.2 Å².